The standard InChI is InChI=1S/C14H14FN3O5S/c15-24(21,22)23-10-3-1-2-9(8-10)11-6-7-18(17-11)12-4-5-13(19)16-14(12)20/h1-3,6-8,11-12,17H,4-5H2,(H,16,19,20). The molecule has 2 unspecified atom stereocenters. The van der Waals surface area contributed by atoms with E-state index in [9.17, 15) is 21.9 Å². The minimum atomic E-state index is -5.09. The third-order valence-corrected chi connectivity index (χ3v) is 4.08. The summed E-state index contributed by atoms with van der Waals surface area (Å²) in [6.45, 7) is 0. The van der Waals surface area contributed by atoms with Crippen LogP contribution in [0.15, 0.2) is 36.5 Å². The topological polar surface area (TPSA) is 105 Å². The van der Waals surface area contributed by atoms with Crippen LogP contribution in [0.1, 0.15) is 24.4 Å². The summed E-state index contributed by atoms with van der Waals surface area (Å²) in [4.78, 5) is 23.1. The second-order valence-corrected chi connectivity index (χ2v) is 6.32. The average Bonchev–Trinajstić information content (AvgIpc) is 2.95. The third kappa shape index (κ3) is 3.71. The number of hydrazine groups is 1. The molecule has 2 N–H and O–H groups in total. The van der Waals surface area contributed by atoms with Gasteiger partial charge >= 0.3 is 10.5 Å². The molecule has 2 aliphatic heterocycles. The van der Waals surface area contributed by atoms with Crippen LogP contribution in [0.2, 0.25) is 0 Å². The molecule has 1 fully saturated rings. The largest absolute Gasteiger partial charge is 0.488 e. The molecule has 0 aromatic heterocycles. The fraction of sp³-hybridized carbons (Fsp3) is 0.286. The maximum absolute atomic E-state index is 12.6. The number of carbonyl (C=O) groups excluding carboxylic acids is 2. The van der Waals surface area contributed by atoms with Gasteiger partial charge in [-0.2, -0.15) is 8.42 Å². The van der Waals surface area contributed by atoms with E-state index in [1.54, 1.807) is 23.4 Å². The first-order valence-corrected chi connectivity index (χ1v) is 8.43. The third-order valence-electron chi connectivity index (χ3n) is 3.69. The lowest BCUT2D eigenvalue weighted by atomic mass is 10.1. The summed E-state index contributed by atoms with van der Waals surface area (Å²) < 4.78 is 37.9. The maximum atomic E-state index is 12.6. The molecule has 10 heteroatoms. The SMILES string of the molecule is O=C1CCC(N2C=CC(c3cccc(OS(=O)(=O)F)c3)N2)C(=O)N1. The number of nitrogens with zero attached hydrogens (tertiary/aromatic N) is 1. The lowest BCUT2D eigenvalue weighted by Gasteiger charge is -2.30. The first-order chi connectivity index (χ1) is 11.3. The van der Waals surface area contributed by atoms with E-state index < -0.39 is 16.5 Å². The number of carbonyl (C=O) groups is 2. The molecule has 0 spiro atoms. The number of nitrogens with one attached hydrogen (secondary N) is 2. The van der Waals surface area contributed by atoms with E-state index in [0.717, 1.165) is 0 Å². The highest BCUT2D eigenvalue weighted by Gasteiger charge is 2.33. The highest BCUT2D eigenvalue weighted by atomic mass is 32.3. The Bertz CT molecular complexity index is 810. The van der Waals surface area contributed by atoms with Crippen molar-refractivity contribution in [2.24, 2.45) is 0 Å². The van der Waals surface area contributed by atoms with Crippen LogP contribution in [-0.4, -0.2) is 31.3 Å². The van der Waals surface area contributed by atoms with Gasteiger partial charge in [-0.05, 0) is 30.2 Å². The van der Waals surface area contributed by atoms with Crippen molar-refractivity contribution >= 4 is 22.3 Å². The normalized spacial score (nSPS) is 24.1. The van der Waals surface area contributed by atoms with Crippen molar-refractivity contribution in [3.63, 3.8) is 0 Å². The van der Waals surface area contributed by atoms with Crippen molar-refractivity contribution in [2.75, 3.05) is 0 Å². The number of hydrogen-bond donors (Lipinski definition) is 2. The van der Waals surface area contributed by atoms with Crippen LogP contribution in [0.3, 0.4) is 0 Å². The minimum absolute atomic E-state index is 0.148. The second-order valence-electron chi connectivity index (χ2n) is 5.37. The molecule has 2 amide bonds. The van der Waals surface area contributed by atoms with Gasteiger partial charge in [0.05, 0.1) is 6.04 Å². The van der Waals surface area contributed by atoms with E-state index in [-0.39, 0.29) is 30.0 Å². The Balaban J connectivity index is 1.70. The van der Waals surface area contributed by atoms with Crippen molar-refractivity contribution in [2.45, 2.75) is 24.9 Å². The van der Waals surface area contributed by atoms with Gasteiger partial charge in [-0.1, -0.05) is 16.0 Å². The Hall–Kier alpha value is -2.46. The molecule has 8 nitrogen and oxygen atoms in total. The summed E-state index contributed by atoms with van der Waals surface area (Å²) in [5.41, 5.74) is 3.69. The Labute approximate surface area is 137 Å². The van der Waals surface area contributed by atoms with Crippen molar-refractivity contribution < 1.29 is 26.1 Å². The fourth-order valence-electron chi connectivity index (χ4n) is 2.63. The van der Waals surface area contributed by atoms with Gasteiger partial charge in [-0.25, -0.2) is 5.43 Å². The molecule has 1 aromatic carbocycles. The smallest absolute Gasteiger partial charge is 0.358 e. The molecule has 1 saturated heterocycles. The van der Waals surface area contributed by atoms with Crippen LogP contribution >= 0.6 is 0 Å². The van der Waals surface area contributed by atoms with Crippen molar-refractivity contribution in [1.82, 2.24) is 15.8 Å². The first-order valence-electron chi connectivity index (χ1n) is 7.12. The van der Waals surface area contributed by atoms with Crippen LogP contribution in [0, 0.1) is 0 Å². The van der Waals surface area contributed by atoms with Crippen molar-refractivity contribution in [1.29, 1.82) is 0 Å². The minimum Gasteiger partial charge on any atom is -0.358 e. The van der Waals surface area contributed by atoms with Gasteiger partial charge in [-0.3, -0.25) is 14.9 Å². The van der Waals surface area contributed by atoms with Gasteiger partial charge in [0.2, 0.25) is 5.91 Å². The van der Waals surface area contributed by atoms with Crippen LogP contribution in [-0.2, 0) is 20.1 Å². The molecular formula is C14H14FN3O5S. The Kier molecular flexibility index (Phi) is 4.24. The zero-order valence-electron chi connectivity index (χ0n) is 12.3. The second kappa shape index (κ2) is 6.21. The van der Waals surface area contributed by atoms with E-state index in [2.05, 4.69) is 14.9 Å². The number of benzene rings is 1. The van der Waals surface area contributed by atoms with Gasteiger partial charge in [0.1, 0.15) is 11.8 Å². The van der Waals surface area contributed by atoms with E-state index in [1.807, 2.05) is 0 Å². The number of amides is 2. The molecule has 0 saturated carbocycles. The quantitative estimate of drug-likeness (QED) is 0.597. The zero-order chi connectivity index (χ0) is 17.3. The molecule has 2 heterocycles. The van der Waals surface area contributed by atoms with Gasteiger partial charge < -0.3 is 9.19 Å². The highest BCUT2D eigenvalue weighted by Crippen LogP contribution is 2.26. The summed E-state index contributed by atoms with van der Waals surface area (Å²) in [6, 6.07) is 5.06. The predicted octanol–water partition coefficient (Wildman–Crippen LogP) is 0.460. The molecule has 1 aromatic rings. The molecular weight excluding hydrogens is 341 g/mol. The molecule has 0 radical (unpaired) electrons. The van der Waals surface area contributed by atoms with E-state index in [0.29, 0.717) is 12.0 Å². The lowest BCUT2D eigenvalue weighted by molar-refractivity contribution is -0.137. The number of halogens is 1. The van der Waals surface area contributed by atoms with Gasteiger partial charge in [0, 0.05) is 12.6 Å². The summed E-state index contributed by atoms with van der Waals surface area (Å²) in [7, 11) is -5.09. The number of hydrogen-bond acceptors (Lipinski definition) is 7. The number of piperidine rings is 1. The first kappa shape index (κ1) is 16.4. The van der Waals surface area contributed by atoms with Crippen LogP contribution in [0.5, 0.6) is 5.75 Å². The van der Waals surface area contributed by atoms with Crippen LogP contribution in [0.25, 0.3) is 0 Å². The molecule has 3 rings (SSSR count). The maximum Gasteiger partial charge on any atom is 0.488 e. The summed E-state index contributed by atoms with van der Waals surface area (Å²) in [6.07, 6.45) is 4.07. The Morgan fingerprint density at radius 1 is 1.29 bits per heavy atom. The predicted molar refractivity (Wildman–Crippen MR) is 80.1 cm³/mol. The summed E-state index contributed by atoms with van der Waals surface area (Å²) >= 11 is 0. The highest BCUT2D eigenvalue weighted by molar-refractivity contribution is 7.81. The molecule has 128 valence electrons. The van der Waals surface area contributed by atoms with Gasteiger partial charge in [0.15, 0.2) is 0 Å². The van der Waals surface area contributed by atoms with E-state index in [4.69, 9.17) is 0 Å². The van der Waals surface area contributed by atoms with Crippen molar-refractivity contribution in [3.8, 4) is 5.75 Å². The van der Waals surface area contributed by atoms with Crippen molar-refractivity contribution in [3.05, 3.63) is 42.1 Å². The average molecular weight is 355 g/mol. The zero-order valence-corrected chi connectivity index (χ0v) is 13.1. The van der Waals surface area contributed by atoms with E-state index >= 15 is 0 Å². The van der Waals surface area contributed by atoms with E-state index in [1.165, 1.54) is 18.2 Å². The van der Waals surface area contributed by atoms with Gasteiger partial charge in [0.25, 0.3) is 5.91 Å². The number of imide groups is 1. The number of rotatable bonds is 4. The molecule has 24 heavy (non-hydrogen) atoms. The lowest BCUT2D eigenvalue weighted by Crippen LogP contribution is -2.53. The monoisotopic (exact) mass is 355 g/mol. The van der Waals surface area contributed by atoms with Gasteiger partial charge in [-0.15, -0.1) is 0 Å². The fourth-order valence-corrected chi connectivity index (χ4v) is 2.96. The molecule has 2 atom stereocenters. The molecule has 0 aliphatic carbocycles. The summed E-state index contributed by atoms with van der Waals surface area (Å²) in [5.74, 6) is -0.831. The van der Waals surface area contributed by atoms with Crippen LogP contribution < -0.4 is 14.9 Å². The molecule has 2 aliphatic rings. The van der Waals surface area contributed by atoms with Crippen LogP contribution in [0.4, 0.5) is 3.89 Å². The Morgan fingerprint density at radius 3 is 2.79 bits per heavy atom. The Morgan fingerprint density at radius 2 is 2.08 bits per heavy atom. The summed E-state index contributed by atoms with van der Waals surface area (Å²) in [5, 5.41) is 3.86. The molecule has 0 bridgehead atoms.